The van der Waals surface area contributed by atoms with Crippen molar-refractivity contribution in [2.75, 3.05) is 11.9 Å². The summed E-state index contributed by atoms with van der Waals surface area (Å²) in [6, 6.07) is 4.10. The molecule has 0 aliphatic carbocycles. The first-order chi connectivity index (χ1) is 13.0. The summed E-state index contributed by atoms with van der Waals surface area (Å²) >= 11 is 0. The SMILES string of the molecule is C=C(/C=C\c1c(C)ccn1C)c1cn(-c2ccnc3c2C=CCN3)nc1C. The van der Waals surface area contributed by atoms with Crippen LogP contribution in [0.4, 0.5) is 5.82 Å². The van der Waals surface area contributed by atoms with Gasteiger partial charge in [-0.2, -0.15) is 5.10 Å². The predicted octanol–water partition coefficient (Wildman–Crippen LogP) is 4.39. The number of nitrogens with zero attached hydrogens (tertiary/aromatic N) is 4. The van der Waals surface area contributed by atoms with Crippen LogP contribution in [-0.2, 0) is 7.05 Å². The lowest BCUT2D eigenvalue weighted by molar-refractivity contribution is 0.857. The molecule has 0 saturated heterocycles. The molecule has 5 nitrogen and oxygen atoms in total. The van der Waals surface area contributed by atoms with E-state index in [0.29, 0.717) is 0 Å². The van der Waals surface area contributed by atoms with Crippen LogP contribution in [-0.4, -0.2) is 25.9 Å². The highest BCUT2D eigenvalue weighted by molar-refractivity contribution is 5.79. The Labute approximate surface area is 159 Å². The maximum absolute atomic E-state index is 4.72. The van der Waals surface area contributed by atoms with Gasteiger partial charge in [0.2, 0.25) is 0 Å². The summed E-state index contributed by atoms with van der Waals surface area (Å²) in [5, 5.41) is 8.01. The highest BCUT2D eigenvalue weighted by Crippen LogP contribution is 2.27. The minimum absolute atomic E-state index is 0.799. The van der Waals surface area contributed by atoms with E-state index in [1.807, 2.05) is 37.1 Å². The van der Waals surface area contributed by atoms with Crippen molar-refractivity contribution < 1.29 is 0 Å². The van der Waals surface area contributed by atoms with Crippen LogP contribution in [0.1, 0.15) is 28.1 Å². The molecule has 1 N–H and O–H groups in total. The van der Waals surface area contributed by atoms with Gasteiger partial charge in [-0.3, -0.25) is 0 Å². The molecule has 1 aliphatic heterocycles. The Morgan fingerprint density at radius 1 is 1.30 bits per heavy atom. The van der Waals surface area contributed by atoms with Crippen LogP contribution in [0.3, 0.4) is 0 Å². The summed E-state index contributed by atoms with van der Waals surface area (Å²) in [4.78, 5) is 4.41. The smallest absolute Gasteiger partial charge is 0.135 e. The Morgan fingerprint density at radius 3 is 2.93 bits per heavy atom. The largest absolute Gasteiger partial charge is 0.366 e. The van der Waals surface area contributed by atoms with E-state index in [2.05, 4.69) is 64.9 Å². The first kappa shape index (κ1) is 17.1. The lowest BCUT2D eigenvalue weighted by atomic mass is 10.1. The van der Waals surface area contributed by atoms with Crippen LogP contribution in [0.2, 0.25) is 0 Å². The lowest BCUT2D eigenvalue weighted by Gasteiger charge is -2.15. The van der Waals surface area contributed by atoms with Gasteiger partial charge >= 0.3 is 0 Å². The van der Waals surface area contributed by atoms with Crippen molar-refractivity contribution in [3.8, 4) is 5.69 Å². The molecule has 27 heavy (non-hydrogen) atoms. The van der Waals surface area contributed by atoms with Crippen LogP contribution in [0.25, 0.3) is 23.4 Å². The Kier molecular flexibility index (Phi) is 4.28. The Bertz CT molecular complexity index is 1060. The molecule has 0 unspecified atom stereocenters. The number of hydrogen-bond donors (Lipinski definition) is 1. The zero-order chi connectivity index (χ0) is 19.0. The maximum atomic E-state index is 4.72. The summed E-state index contributed by atoms with van der Waals surface area (Å²) in [7, 11) is 2.05. The van der Waals surface area contributed by atoms with Gasteiger partial charge in [-0.05, 0) is 43.2 Å². The second-order valence-corrected chi connectivity index (χ2v) is 6.80. The average molecular weight is 357 g/mol. The molecule has 3 aromatic heterocycles. The second-order valence-electron chi connectivity index (χ2n) is 6.80. The van der Waals surface area contributed by atoms with Gasteiger partial charge in [-0.1, -0.05) is 24.8 Å². The van der Waals surface area contributed by atoms with Crippen LogP contribution in [0.5, 0.6) is 0 Å². The van der Waals surface area contributed by atoms with Crippen molar-refractivity contribution >= 4 is 23.5 Å². The molecule has 4 rings (SSSR count). The van der Waals surface area contributed by atoms with Crippen molar-refractivity contribution in [3.05, 3.63) is 77.5 Å². The monoisotopic (exact) mass is 357 g/mol. The van der Waals surface area contributed by atoms with Gasteiger partial charge in [0, 0.05) is 49.0 Å². The fourth-order valence-corrected chi connectivity index (χ4v) is 3.38. The summed E-state index contributed by atoms with van der Waals surface area (Å²) in [5.74, 6) is 0.891. The van der Waals surface area contributed by atoms with Crippen LogP contribution >= 0.6 is 0 Å². The number of pyridine rings is 1. The van der Waals surface area contributed by atoms with Gasteiger partial charge < -0.3 is 9.88 Å². The standard InChI is InChI=1S/C22H23N5/c1-15(7-8-20-16(2)10-13-26(20)4)19-14-27(25-17(19)3)21-9-12-24-22-18(21)6-5-11-23-22/h5-10,12-14H,1,11H2,2-4H3,(H,23,24)/b8-7-. The van der Waals surface area contributed by atoms with Gasteiger partial charge in [0.15, 0.2) is 0 Å². The van der Waals surface area contributed by atoms with Gasteiger partial charge in [0.1, 0.15) is 5.82 Å². The Balaban J connectivity index is 1.67. The van der Waals surface area contributed by atoms with Crippen molar-refractivity contribution in [3.63, 3.8) is 0 Å². The van der Waals surface area contributed by atoms with E-state index in [0.717, 1.165) is 40.4 Å². The van der Waals surface area contributed by atoms with Gasteiger partial charge in [-0.25, -0.2) is 9.67 Å². The number of anilines is 1. The van der Waals surface area contributed by atoms with E-state index < -0.39 is 0 Å². The third-order valence-corrected chi connectivity index (χ3v) is 4.91. The molecule has 0 atom stereocenters. The van der Waals surface area contributed by atoms with Crippen LogP contribution in [0, 0.1) is 13.8 Å². The number of nitrogens with one attached hydrogen (secondary N) is 1. The number of aryl methyl sites for hydroxylation is 3. The van der Waals surface area contributed by atoms with Crippen LogP contribution < -0.4 is 5.32 Å². The normalized spacial score (nSPS) is 13.0. The fourth-order valence-electron chi connectivity index (χ4n) is 3.38. The van der Waals surface area contributed by atoms with E-state index in [1.54, 1.807) is 0 Å². The molecule has 0 saturated carbocycles. The number of hydrogen-bond acceptors (Lipinski definition) is 3. The molecule has 3 aromatic rings. The number of allylic oxidation sites excluding steroid dienone is 2. The van der Waals surface area contributed by atoms with E-state index in [1.165, 1.54) is 11.3 Å². The van der Waals surface area contributed by atoms with Crippen molar-refractivity contribution in [2.45, 2.75) is 13.8 Å². The fraction of sp³-hybridized carbons (Fsp3) is 0.182. The molecule has 5 heteroatoms. The predicted molar refractivity (Wildman–Crippen MR) is 112 cm³/mol. The molecular formula is C22H23N5. The molecule has 0 fully saturated rings. The first-order valence-corrected chi connectivity index (χ1v) is 9.00. The highest BCUT2D eigenvalue weighted by Gasteiger charge is 2.14. The summed E-state index contributed by atoms with van der Waals surface area (Å²) < 4.78 is 4.02. The molecule has 0 amide bonds. The molecule has 0 bridgehead atoms. The number of fused-ring (bicyclic) bond motifs is 1. The minimum atomic E-state index is 0.799. The minimum Gasteiger partial charge on any atom is -0.366 e. The van der Waals surface area contributed by atoms with Crippen LogP contribution in [0.15, 0.2) is 49.5 Å². The molecule has 4 heterocycles. The molecule has 0 radical (unpaired) electrons. The molecule has 136 valence electrons. The summed E-state index contributed by atoms with van der Waals surface area (Å²) in [6.45, 7) is 9.17. The van der Waals surface area contributed by atoms with E-state index in [4.69, 9.17) is 5.10 Å². The second kappa shape index (κ2) is 6.76. The zero-order valence-corrected chi connectivity index (χ0v) is 15.9. The van der Waals surface area contributed by atoms with Gasteiger partial charge in [0.05, 0.1) is 11.4 Å². The number of rotatable bonds is 4. The Morgan fingerprint density at radius 2 is 2.15 bits per heavy atom. The van der Waals surface area contributed by atoms with E-state index in [-0.39, 0.29) is 0 Å². The summed E-state index contributed by atoms with van der Waals surface area (Å²) in [5.41, 5.74) is 7.42. The molecular weight excluding hydrogens is 334 g/mol. The van der Waals surface area contributed by atoms with Gasteiger partial charge in [0.25, 0.3) is 0 Å². The highest BCUT2D eigenvalue weighted by atomic mass is 15.3. The summed E-state index contributed by atoms with van der Waals surface area (Å²) in [6.07, 6.45) is 14.3. The third-order valence-electron chi connectivity index (χ3n) is 4.91. The van der Waals surface area contributed by atoms with Crippen molar-refractivity contribution in [2.24, 2.45) is 7.05 Å². The quantitative estimate of drug-likeness (QED) is 0.705. The van der Waals surface area contributed by atoms with Crippen molar-refractivity contribution in [1.82, 2.24) is 19.3 Å². The topological polar surface area (TPSA) is 47.7 Å². The van der Waals surface area contributed by atoms with Crippen molar-refractivity contribution in [1.29, 1.82) is 0 Å². The average Bonchev–Trinajstić information content (AvgIpc) is 3.21. The van der Waals surface area contributed by atoms with Gasteiger partial charge in [-0.15, -0.1) is 0 Å². The molecule has 0 aromatic carbocycles. The lowest BCUT2D eigenvalue weighted by Crippen LogP contribution is -2.09. The third kappa shape index (κ3) is 3.12. The molecule has 1 aliphatic rings. The van der Waals surface area contributed by atoms with E-state index in [9.17, 15) is 0 Å². The Hall–Kier alpha value is -3.34. The zero-order valence-electron chi connectivity index (χ0n) is 15.9. The first-order valence-electron chi connectivity index (χ1n) is 9.00. The molecule has 0 spiro atoms. The maximum Gasteiger partial charge on any atom is 0.135 e. The number of aromatic nitrogens is 4. The van der Waals surface area contributed by atoms with E-state index >= 15 is 0 Å².